The summed E-state index contributed by atoms with van der Waals surface area (Å²) in [6.07, 6.45) is 4.23. The third kappa shape index (κ3) is 3.47. The molecule has 0 radical (unpaired) electrons. The van der Waals surface area contributed by atoms with E-state index < -0.39 is 11.5 Å². The second-order valence-electron chi connectivity index (χ2n) is 4.54. The first-order valence-corrected chi connectivity index (χ1v) is 5.73. The van der Waals surface area contributed by atoms with E-state index in [2.05, 4.69) is 10.2 Å². The Morgan fingerprint density at radius 3 is 2.53 bits per heavy atom. The topological polar surface area (TPSA) is 52.6 Å². The van der Waals surface area contributed by atoms with Crippen molar-refractivity contribution in [2.75, 3.05) is 26.7 Å². The molecule has 15 heavy (non-hydrogen) atoms. The maximum absolute atomic E-state index is 11.0. The SMILES string of the molecule is CNC(C)(CCCN1CCCC1)C(=O)O. The average Bonchev–Trinajstić information content (AvgIpc) is 2.70. The number of nitrogens with one attached hydrogen (secondary N) is 1. The van der Waals surface area contributed by atoms with Crippen LogP contribution in [0.25, 0.3) is 0 Å². The molecule has 1 heterocycles. The van der Waals surface area contributed by atoms with Gasteiger partial charge in [-0.3, -0.25) is 4.79 Å². The number of likely N-dealkylation sites (tertiary alicyclic amines) is 1. The summed E-state index contributed by atoms with van der Waals surface area (Å²) in [5.41, 5.74) is -0.764. The van der Waals surface area contributed by atoms with Crippen molar-refractivity contribution < 1.29 is 9.90 Å². The molecule has 2 N–H and O–H groups in total. The van der Waals surface area contributed by atoms with Crippen LogP contribution in [0.3, 0.4) is 0 Å². The monoisotopic (exact) mass is 214 g/mol. The summed E-state index contributed by atoms with van der Waals surface area (Å²) in [5, 5.41) is 11.9. The van der Waals surface area contributed by atoms with Crippen LogP contribution in [0.2, 0.25) is 0 Å². The molecule has 1 saturated heterocycles. The van der Waals surface area contributed by atoms with Gasteiger partial charge in [0.2, 0.25) is 0 Å². The zero-order chi connectivity index (χ0) is 11.3. The molecule has 0 amide bonds. The van der Waals surface area contributed by atoms with Crippen LogP contribution in [0.15, 0.2) is 0 Å². The van der Waals surface area contributed by atoms with E-state index in [-0.39, 0.29) is 0 Å². The van der Waals surface area contributed by atoms with Gasteiger partial charge in [-0.25, -0.2) is 0 Å². The van der Waals surface area contributed by atoms with Crippen LogP contribution >= 0.6 is 0 Å². The molecule has 0 spiro atoms. The Morgan fingerprint density at radius 1 is 1.47 bits per heavy atom. The predicted octanol–water partition coefficient (Wildman–Crippen LogP) is 0.925. The smallest absolute Gasteiger partial charge is 0.323 e. The molecule has 0 aromatic heterocycles. The highest BCUT2D eigenvalue weighted by Gasteiger charge is 2.30. The molecule has 0 aliphatic carbocycles. The highest BCUT2D eigenvalue weighted by Crippen LogP contribution is 2.14. The van der Waals surface area contributed by atoms with Crippen LogP contribution < -0.4 is 5.32 Å². The maximum Gasteiger partial charge on any atom is 0.323 e. The molecular weight excluding hydrogens is 192 g/mol. The number of rotatable bonds is 6. The summed E-state index contributed by atoms with van der Waals surface area (Å²) in [4.78, 5) is 13.4. The van der Waals surface area contributed by atoms with Gasteiger partial charge in [0.05, 0.1) is 0 Å². The summed E-state index contributed by atoms with van der Waals surface area (Å²) in [7, 11) is 1.71. The second kappa shape index (κ2) is 5.47. The van der Waals surface area contributed by atoms with E-state index in [1.54, 1.807) is 14.0 Å². The molecule has 0 aromatic carbocycles. The first kappa shape index (κ1) is 12.5. The van der Waals surface area contributed by atoms with E-state index >= 15 is 0 Å². The normalized spacial score (nSPS) is 21.5. The summed E-state index contributed by atoms with van der Waals surface area (Å²) in [6.45, 7) is 5.15. The fourth-order valence-corrected chi connectivity index (χ4v) is 2.00. The van der Waals surface area contributed by atoms with Gasteiger partial charge in [-0.2, -0.15) is 0 Å². The number of likely N-dealkylation sites (N-methyl/N-ethyl adjacent to an activating group) is 1. The Morgan fingerprint density at radius 2 is 2.07 bits per heavy atom. The van der Waals surface area contributed by atoms with Gasteiger partial charge < -0.3 is 15.3 Å². The molecule has 0 bridgehead atoms. The minimum Gasteiger partial charge on any atom is -0.480 e. The molecule has 1 aliphatic heterocycles. The van der Waals surface area contributed by atoms with Gasteiger partial charge in [0, 0.05) is 0 Å². The molecular formula is C11H22N2O2. The average molecular weight is 214 g/mol. The number of carboxylic acids is 1. The fraction of sp³-hybridized carbons (Fsp3) is 0.909. The molecule has 0 saturated carbocycles. The highest BCUT2D eigenvalue weighted by molar-refractivity contribution is 5.78. The quantitative estimate of drug-likeness (QED) is 0.690. The largest absolute Gasteiger partial charge is 0.480 e. The maximum atomic E-state index is 11.0. The van der Waals surface area contributed by atoms with E-state index in [0.717, 1.165) is 13.0 Å². The van der Waals surface area contributed by atoms with Gasteiger partial charge in [-0.05, 0) is 59.3 Å². The minimum atomic E-state index is -0.764. The number of hydrogen-bond donors (Lipinski definition) is 2. The lowest BCUT2D eigenvalue weighted by Gasteiger charge is -2.25. The standard InChI is InChI=1S/C11H22N2O2/c1-11(12-2,10(14)15)6-5-9-13-7-3-4-8-13/h12H,3-9H2,1-2H3,(H,14,15). The Labute approximate surface area is 91.6 Å². The molecule has 4 nitrogen and oxygen atoms in total. The van der Waals surface area contributed by atoms with E-state index in [1.165, 1.54) is 25.9 Å². The third-order valence-electron chi connectivity index (χ3n) is 3.37. The van der Waals surface area contributed by atoms with Crippen LogP contribution in [-0.2, 0) is 4.79 Å². The molecule has 1 unspecified atom stereocenters. The van der Waals surface area contributed by atoms with Crippen LogP contribution in [0, 0.1) is 0 Å². The molecule has 4 heteroatoms. The van der Waals surface area contributed by atoms with Crippen LogP contribution in [0.1, 0.15) is 32.6 Å². The van der Waals surface area contributed by atoms with Crippen molar-refractivity contribution in [3.63, 3.8) is 0 Å². The van der Waals surface area contributed by atoms with Crippen molar-refractivity contribution in [2.24, 2.45) is 0 Å². The van der Waals surface area contributed by atoms with Gasteiger partial charge >= 0.3 is 5.97 Å². The molecule has 0 aromatic rings. The Balaban J connectivity index is 2.25. The van der Waals surface area contributed by atoms with Crippen molar-refractivity contribution in [3.8, 4) is 0 Å². The number of aliphatic carboxylic acids is 1. The van der Waals surface area contributed by atoms with E-state index in [4.69, 9.17) is 5.11 Å². The van der Waals surface area contributed by atoms with Crippen LogP contribution in [0.5, 0.6) is 0 Å². The van der Waals surface area contributed by atoms with Crippen molar-refractivity contribution >= 4 is 5.97 Å². The van der Waals surface area contributed by atoms with Gasteiger partial charge in [0.1, 0.15) is 5.54 Å². The first-order chi connectivity index (χ1) is 7.08. The highest BCUT2D eigenvalue weighted by atomic mass is 16.4. The lowest BCUT2D eigenvalue weighted by atomic mass is 9.96. The summed E-state index contributed by atoms with van der Waals surface area (Å²) in [6, 6.07) is 0. The third-order valence-corrected chi connectivity index (χ3v) is 3.37. The zero-order valence-electron chi connectivity index (χ0n) is 9.75. The lowest BCUT2D eigenvalue weighted by Crippen LogP contribution is -2.47. The number of hydrogen-bond acceptors (Lipinski definition) is 3. The number of carboxylic acid groups (broad SMARTS) is 1. The first-order valence-electron chi connectivity index (χ1n) is 5.73. The van der Waals surface area contributed by atoms with Crippen LogP contribution in [-0.4, -0.2) is 48.2 Å². The van der Waals surface area contributed by atoms with Crippen molar-refractivity contribution in [3.05, 3.63) is 0 Å². The predicted molar refractivity (Wildman–Crippen MR) is 60.0 cm³/mol. The molecule has 1 aliphatic rings. The van der Waals surface area contributed by atoms with Gasteiger partial charge in [0.25, 0.3) is 0 Å². The molecule has 88 valence electrons. The lowest BCUT2D eigenvalue weighted by molar-refractivity contribution is -0.144. The van der Waals surface area contributed by atoms with E-state index in [9.17, 15) is 4.79 Å². The summed E-state index contributed by atoms with van der Waals surface area (Å²) >= 11 is 0. The number of nitrogens with zero attached hydrogens (tertiary/aromatic N) is 1. The Bertz CT molecular complexity index is 215. The Kier molecular flexibility index (Phi) is 4.54. The molecule has 1 rings (SSSR count). The van der Waals surface area contributed by atoms with Crippen LogP contribution in [0.4, 0.5) is 0 Å². The fourth-order valence-electron chi connectivity index (χ4n) is 2.00. The second-order valence-corrected chi connectivity index (χ2v) is 4.54. The molecule has 1 atom stereocenters. The van der Waals surface area contributed by atoms with E-state index in [1.807, 2.05) is 0 Å². The minimum absolute atomic E-state index is 0.690. The summed E-state index contributed by atoms with van der Waals surface area (Å²) < 4.78 is 0. The van der Waals surface area contributed by atoms with Crippen molar-refractivity contribution in [2.45, 2.75) is 38.1 Å². The zero-order valence-corrected chi connectivity index (χ0v) is 9.75. The van der Waals surface area contributed by atoms with E-state index in [0.29, 0.717) is 6.42 Å². The Hall–Kier alpha value is -0.610. The molecule has 1 fully saturated rings. The van der Waals surface area contributed by atoms with Gasteiger partial charge in [0.15, 0.2) is 0 Å². The van der Waals surface area contributed by atoms with Crippen molar-refractivity contribution in [1.82, 2.24) is 10.2 Å². The summed E-state index contributed by atoms with van der Waals surface area (Å²) in [5.74, 6) is -0.758. The van der Waals surface area contributed by atoms with Gasteiger partial charge in [-0.15, -0.1) is 0 Å². The number of carbonyl (C=O) groups is 1. The van der Waals surface area contributed by atoms with Crippen molar-refractivity contribution in [1.29, 1.82) is 0 Å². The van der Waals surface area contributed by atoms with Gasteiger partial charge in [-0.1, -0.05) is 0 Å².